The molecule has 0 aliphatic rings. The third kappa shape index (κ3) is 4.92. The van der Waals surface area contributed by atoms with Gasteiger partial charge in [-0.2, -0.15) is 5.26 Å². The van der Waals surface area contributed by atoms with E-state index in [0.717, 1.165) is 5.56 Å². The van der Waals surface area contributed by atoms with Gasteiger partial charge in [0.2, 0.25) is 0 Å². The molecule has 3 aromatic carbocycles. The Morgan fingerprint density at radius 2 is 1.94 bits per heavy atom. The molecular weight excluding hydrogens is 540 g/mol. The first kappa shape index (κ1) is 22.6. The van der Waals surface area contributed by atoms with Crippen molar-refractivity contribution in [1.82, 2.24) is 9.97 Å². The molecule has 4 rings (SSSR count). The minimum atomic E-state index is -0.388. The van der Waals surface area contributed by atoms with Crippen LogP contribution < -0.4 is 4.74 Å². The number of rotatable bonds is 5. The summed E-state index contributed by atoms with van der Waals surface area (Å²) in [5.74, 6) is 0.381. The average molecular weight is 552 g/mol. The van der Waals surface area contributed by atoms with E-state index in [-0.39, 0.29) is 18.0 Å². The van der Waals surface area contributed by atoms with Crippen LogP contribution in [0.1, 0.15) is 17.0 Å². The average Bonchev–Trinajstić information content (AvgIpc) is 3.15. The quantitative estimate of drug-likeness (QED) is 0.255. The fourth-order valence-electron chi connectivity index (χ4n) is 3.02. The van der Waals surface area contributed by atoms with E-state index in [0.29, 0.717) is 47.7 Å². The van der Waals surface area contributed by atoms with Crippen molar-refractivity contribution < 1.29 is 9.13 Å². The van der Waals surface area contributed by atoms with Crippen LogP contribution in [0.3, 0.4) is 0 Å². The van der Waals surface area contributed by atoms with Crippen LogP contribution in [0, 0.1) is 17.1 Å². The van der Waals surface area contributed by atoms with Gasteiger partial charge in [-0.15, -0.1) is 0 Å². The third-order valence-electron chi connectivity index (χ3n) is 4.54. The van der Waals surface area contributed by atoms with Gasteiger partial charge in [0.25, 0.3) is 0 Å². The zero-order valence-corrected chi connectivity index (χ0v) is 19.9. The zero-order valence-electron chi connectivity index (χ0n) is 16.1. The standard InChI is InChI=1S/C23H12BrCl3FN3O/c24-17-6-12(5-14(10-29)23-30-20-4-3-16(28)9-21(20)31-23)7-19(27)22(17)32-11-13-1-2-15(25)8-18(13)26/h1-9H,11H2,(H,30,31)/b14-5-. The number of benzene rings is 3. The van der Waals surface area contributed by atoms with E-state index in [1.807, 2.05) is 0 Å². The first-order valence-corrected chi connectivity index (χ1v) is 11.1. The second kappa shape index (κ2) is 9.51. The molecule has 1 N–H and O–H groups in total. The number of nitriles is 1. The Morgan fingerprint density at radius 3 is 2.66 bits per heavy atom. The van der Waals surface area contributed by atoms with Crippen LogP contribution in [-0.2, 0) is 6.61 Å². The molecule has 0 fully saturated rings. The van der Waals surface area contributed by atoms with Gasteiger partial charge in [-0.1, -0.05) is 40.9 Å². The minimum Gasteiger partial charge on any atom is -0.486 e. The minimum absolute atomic E-state index is 0.197. The van der Waals surface area contributed by atoms with E-state index in [2.05, 4.69) is 32.0 Å². The predicted octanol–water partition coefficient (Wildman–Crippen LogP) is 8.07. The zero-order chi connectivity index (χ0) is 22.8. The van der Waals surface area contributed by atoms with Gasteiger partial charge >= 0.3 is 0 Å². The molecule has 0 saturated carbocycles. The lowest BCUT2D eigenvalue weighted by Crippen LogP contribution is -1.98. The van der Waals surface area contributed by atoms with Crippen molar-refractivity contribution in [3.05, 3.63) is 90.8 Å². The van der Waals surface area contributed by atoms with Crippen molar-refractivity contribution in [3.63, 3.8) is 0 Å². The molecule has 0 amide bonds. The van der Waals surface area contributed by atoms with Gasteiger partial charge < -0.3 is 9.72 Å². The molecule has 32 heavy (non-hydrogen) atoms. The summed E-state index contributed by atoms with van der Waals surface area (Å²) in [6, 6.07) is 14.9. The number of imidazole rings is 1. The molecule has 160 valence electrons. The van der Waals surface area contributed by atoms with E-state index < -0.39 is 0 Å². The van der Waals surface area contributed by atoms with Gasteiger partial charge in [-0.05, 0) is 70.0 Å². The van der Waals surface area contributed by atoms with Crippen molar-refractivity contribution >= 4 is 73.4 Å². The summed E-state index contributed by atoms with van der Waals surface area (Å²) < 4.78 is 19.9. The van der Waals surface area contributed by atoms with Crippen LogP contribution in [0.5, 0.6) is 5.75 Å². The van der Waals surface area contributed by atoms with E-state index >= 15 is 0 Å². The van der Waals surface area contributed by atoms with Crippen LogP contribution in [0.4, 0.5) is 4.39 Å². The molecule has 4 nitrogen and oxygen atoms in total. The number of halogens is 5. The van der Waals surface area contributed by atoms with Crippen LogP contribution in [0.15, 0.2) is 53.0 Å². The topological polar surface area (TPSA) is 61.7 Å². The molecule has 0 spiro atoms. The molecular formula is C23H12BrCl3FN3O. The van der Waals surface area contributed by atoms with Crippen molar-refractivity contribution in [2.75, 3.05) is 0 Å². The number of H-pyrrole nitrogens is 1. The van der Waals surface area contributed by atoms with Crippen LogP contribution in [0.2, 0.25) is 15.1 Å². The van der Waals surface area contributed by atoms with Crippen LogP contribution in [0.25, 0.3) is 22.7 Å². The fourth-order valence-corrected chi connectivity index (χ4v) is 4.47. The van der Waals surface area contributed by atoms with E-state index in [1.54, 1.807) is 42.5 Å². The second-order valence-electron chi connectivity index (χ2n) is 6.75. The van der Waals surface area contributed by atoms with Gasteiger partial charge in [-0.3, -0.25) is 0 Å². The maximum Gasteiger partial charge on any atom is 0.152 e. The normalized spacial score (nSPS) is 11.6. The van der Waals surface area contributed by atoms with E-state index in [1.165, 1.54) is 12.1 Å². The van der Waals surface area contributed by atoms with Gasteiger partial charge in [0.1, 0.15) is 24.3 Å². The number of allylic oxidation sites excluding steroid dienone is 1. The smallest absolute Gasteiger partial charge is 0.152 e. The summed E-state index contributed by atoms with van der Waals surface area (Å²) in [6.45, 7) is 0.197. The van der Waals surface area contributed by atoms with Gasteiger partial charge in [0.15, 0.2) is 5.75 Å². The number of ether oxygens (including phenoxy) is 1. The Morgan fingerprint density at radius 1 is 1.12 bits per heavy atom. The van der Waals surface area contributed by atoms with Crippen LogP contribution >= 0.6 is 50.7 Å². The molecule has 0 unspecified atom stereocenters. The molecule has 0 aliphatic carbocycles. The number of hydrogen-bond donors (Lipinski definition) is 1. The molecule has 0 bridgehead atoms. The highest BCUT2D eigenvalue weighted by atomic mass is 79.9. The van der Waals surface area contributed by atoms with Crippen molar-refractivity contribution in [2.45, 2.75) is 6.61 Å². The van der Waals surface area contributed by atoms with Gasteiger partial charge in [0.05, 0.1) is 26.1 Å². The number of fused-ring (bicyclic) bond motifs is 1. The number of aromatic nitrogens is 2. The lowest BCUT2D eigenvalue weighted by molar-refractivity contribution is 0.304. The summed E-state index contributed by atoms with van der Waals surface area (Å²) in [5.41, 5.74) is 2.75. The van der Waals surface area contributed by atoms with E-state index in [4.69, 9.17) is 39.5 Å². The molecule has 1 heterocycles. The summed E-state index contributed by atoms with van der Waals surface area (Å²) in [6.07, 6.45) is 1.63. The number of nitrogens with one attached hydrogen (secondary N) is 1. The first-order chi connectivity index (χ1) is 15.3. The summed E-state index contributed by atoms with van der Waals surface area (Å²) in [7, 11) is 0. The van der Waals surface area contributed by atoms with E-state index in [9.17, 15) is 9.65 Å². The number of nitrogens with zero attached hydrogens (tertiary/aromatic N) is 2. The monoisotopic (exact) mass is 549 g/mol. The molecule has 0 aliphatic heterocycles. The third-order valence-corrected chi connectivity index (χ3v) is 5.99. The lowest BCUT2D eigenvalue weighted by Gasteiger charge is -2.12. The summed E-state index contributed by atoms with van der Waals surface area (Å²) in [4.78, 5) is 7.32. The Hall–Kier alpha value is -2.56. The Kier molecular flexibility index (Phi) is 6.73. The first-order valence-electron chi connectivity index (χ1n) is 9.17. The highest BCUT2D eigenvalue weighted by molar-refractivity contribution is 9.10. The second-order valence-corrected chi connectivity index (χ2v) is 8.86. The molecule has 9 heteroatoms. The molecule has 1 aromatic heterocycles. The van der Waals surface area contributed by atoms with Crippen LogP contribution in [-0.4, -0.2) is 9.97 Å². The van der Waals surface area contributed by atoms with Crippen molar-refractivity contribution in [3.8, 4) is 11.8 Å². The van der Waals surface area contributed by atoms with Gasteiger partial charge in [-0.25, -0.2) is 9.37 Å². The Balaban J connectivity index is 1.61. The highest BCUT2D eigenvalue weighted by Gasteiger charge is 2.13. The van der Waals surface area contributed by atoms with Gasteiger partial charge in [0, 0.05) is 15.6 Å². The maximum atomic E-state index is 13.4. The maximum absolute atomic E-state index is 13.4. The number of hydrogen-bond acceptors (Lipinski definition) is 3. The highest BCUT2D eigenvalue weighted by Crippen LogP contribution is 2.36. The molecule has 0 radical (unpaired) electrons. The SMILES string of the molecule is N#C/C(=C/c1cc(Cl)c(OCc2ccc(Cl)cc2Cl)c(Br)c1)c1nc2ccc(F)cc2[nH]1. The summed E-state index contributed by atoms with van der Waals surface area (Å²) >= 11 is 22.0. The van der Waals surface area contributed by atoms with Crippen molar-refractivity contribution in [1.29, 1.82) is 5.26 Å². The summed E-state index contributed by atoms with van der Waals surface area (Å²) in [5, 5.41) is 11.0. The fraction of sp³-hybridized carbons (Fsp3) is 0.0435. The number of aromatic amines is 1. The largest absolute Gasteiger partial charge is 0.486 e. The lowest BCUT2D eigenvalue weighted by atomic mass is 10.1. The Labute approximate surface area is 206 Å². The molecule has 0 saturated heterocycles. The molecule has 4 aromatic rings. The predicted molar refractivity (Wildman–Crippen MR) is 129 cm³/mol. The van der Waals surface area contributed by atoms with Crippen molar-refractivity contribution in [2.24, 2.45) is 0 Å². The molecule has 0 atom stereocenters. The Bertz CT molecular complexity index is 1390.